The summed E-state index contributed by atoms with van der Waals surface area (Å²) in [4.78, 5) is 8.86. The van der Waals surface area contributed by atoms with Gasteiger partial charge in [0, 0.05) is 24.4 Å². The highest BCUT2D eigenvalue weighted by molar-refractivity contribution is 6.34. The van der Waals surface area contributed by atoms with Crippen LogP contribution in [0.4, 0.5) is 11.6 Å². The maximum Gasteiger partial charge on any atom is 0.178 e. The first-order chi connectivity index (χ1) is 11.5. The summed E-state index contributed by atoms with van der Waals surface area (Å²) in [6.45, 7) is 4.28. The van der Waals surface area contributed by atoms with Crippen molar-refractivity contribution in [2.75, 3.05) is 17.6 Å². The van der Waals surface area contributed by atoms with Crippen molar-refractivity contribution in [3.05, 3.63) is 45.9 Å². The Morgan fingerprint density at radius 3 is 2.83 bits per heavy atom. The number of nitrogens with one attached hydrogen (secondary N) is 1. The number of nitrogens with zero attached hydrogens (tertiary/aromatic N) is 5. The summed E-state index contributed by atoms with van der Waals surface area (Å²) in [5.41, 5.74) is 9.27. The van der Waals surface area contributed by atoms with Crippen molar-refractivity contribution in [2.45, 2.75) is 20.3 Å². The third-order valence-corrected chi connectivity index (χ3v) is 4.08. The van der Waals surface area contributed by atoms with Crippen LogP contribution in [0.25, 0.3) is 5.65 Å². The third kappa shape index (κ3) is 2.84. The molecule has 122 valence electrons. The molecule has 3 rings (SSSR count). The summed E-state index contributed by atoms with van der Waals surface area (Å²) >= 11 is 6.21. The Balaban J connectivity index is 1.88. The van der Waals surface area contributed by atoms with Gasteiger partial charge in [-0.25, -0.2) is 4.98 Å². The first kappa shape index (κ1) is 16.0. The summed E-state index contributed by atoms with van der Waals surface area (Å²) < 4.78 is 1.39. The molecule has 0 aliphatic heterocycles. The van der Waals surface area contributed by atoms with Crippen LogP contribution >= 0.6 is 11.6 Å². The smallest absolute Gasteiger partial charge is 0.178 e. The minimum absolute atomic E-state index is 0.216. The molecule has 0 amide bonds. The van der Waals surface area contributed by atoms with Crippen molar-refractivity contribution in [2.24, 2.45) is 0 Å². The Bertz CT molecular complexity index is 955. The van der Waals surface area contributed by atoms with Crippen LogP contribution in [0.5, 0.6) is 0 Å². The predicted molar refractivity (Wildman–Crippen MR) is 93.0 cm³/mol. The first-order valence-electron chi connectivity index (χ1n) is 7.42. The Hall–Kier alpha value is -2.85. The number of aromatic nitrogens is 4. The van der Waals surface area contributed by atoms with E-state index in [1.165, 1.54) is 4.52 Å². The number of nitrogen functional groups attached to an aromatic ring is 1. The third-order valence-electron chi connectivity index (χ3n) is 3.63. The fourth-order valence-corrected chi connectivity index (χ4v) is 2.60. The second-order valence-electron chi connectivity index (χ2n) is 5.41. The lowest BCUT2D eigenvalue weighted by molar-refractivity contribution is 0.912. The molecule has 3 aromatic rings. The van der Waals surface area contributed by atoms with Crippen LogP contribution in [0, 0.1) is 25.2 Å². The van der Waals surface area contributed by atoms with Gasteiger partial charge in [0.1, 0.15) is 28.3 Å². The van der Waals surface area contributed by atoms with E-state index < -0.39 is 0 Å². The van der Waals surface area contributed by atoms with E-state index in [0.717, 1.165) is 11.4 Å². The fraction of sp³-hybridized carbons (Fsp3) is 0.250. The standard InChI is InChI=1S/C16H16ClN7/c1-9-4-3-5-11(21-9)6-7-20-15-12(8-18)14(19)24-16(22-15)13(17)10(2)23-24/h3-5H,6-7,19H2,1-2H3,(H,20,22). The number of anilines is 2. The zero-order valence-corrected chi connectivity index (χ0v) is 14.1. The largest absolute Gasteiger partial charge is 0.382 e. The van der Waals surface area contributed by atoms with E-state index in [-0.39, 0.29) is 11.4 Å². The minimum Gasteiger partial charge on any atom is -0.382 e. The van der Waals surface area contributed by atoms with Gasteiger partial charge in [-0.05, 0) is 26.0 Å². The highest BCUT2D eigenvalue weighted by atomic mass is 35.5. The normalized spacial score (nSPS) is 10.8. The predicted octanol–water partition coefficient (Wildman–Crippen LogP) is 2.50. The number of hydrogen-bond donors (Lipinski definition) is 2. The summed E-state index contributed by atoms with van der Waals surface area (Å²) in [5, 5.41) is 17.2. The molecule has 0 saturated carbocycles. The molecule has 0 fully saturated rings. The van der Waals surface area contributed by atoms with E-state index >= 15 is 0 Å². The van der Waals surface area contributed by atoms with Crippen molar-refractivity contribution in [1.82, 2.24) is 19.6 Å². The van der Waals surface area contributed by atoms with E-state index in [0.29, 0.717) is 35.1 Å². The van der Waals surface area contributed by atoms with Gasteiger partial charge < -0.3 is 11.1 Å². The van der Waals surface area contributed by atoms with Crippen LogP contribution in [0.1, 0.15) is 22.6 Å². The molecule has 24 heavy (non-hydrogen) atoms. The Morgan fingerprint density at radius 2 is 2.12 bits per heavy atom. The molecule has 3 aromatic heterocycles. The lowest BCUT2D eigenvalue weighted by Crippen LogP contribution is -2.12. The molecule has 0 bridgehead atoms. The highest BCUT2D eigenvalue weighted by Gasteiger charge is 2.17. The Kier molecular flexibility index (Phi) is 4.23. The van der Waals surface area contributed by atoms with E-state index in [1.54, 1.807) is 6.92 Å². The van der Waals surface area contributed by atoms with Gasteiger partial charge in [0.25, 0.3) is 0 Å². The molecule has 0 aromatic carbocycles. The molecule has 3 heterocycles. The van der Waals surface area contributed by atoms with Crippen LogP contribution in [0.3, 0.4) is 0 Å². The van der Waals surface area contributed by atoms with Gasteiger partial charge in [0.15, 0.2) is 5.65 Å². The van der Waals surface area contributed by atoms with E-state index in [1.807, 2.05) is 25.1 Å². The van der Waals surface area contributed by atoms with Crippen LogP contribution < -0.4 is 11.1 Å². The maximum absolute atomic E-state index is 9.39. The van der Waals surface area contributed by atoms with Gasteiger partial charge in [-0.3, -0.25) is 4.98 Å². The van der Waals surface area contributed by atoms with Crippen LogP contribution in [0.15, 0.2) is 18.2 Å². The number of pyridine rings is 1. The molecular weight excluding hydrogens is 326 g/mol. The molecule has 0 spiro atoms. The maximum atomic E-state index is 9.39. The molecule has 8 heteroatoms. The second-order valence-corrected chi connectivity index (χ2v) is 5.79. The van der Waals surface area contributed by atoms with Gasteiger partial charge in [-0.1, -0.05) is 17.7 Å². The summed E-state index contributed by atoms with van der Waals surface area (Å²) in [6, 6.07) is 7.95. The van der Waals surface area contributed by atoms with Crippen LogP contribution in [-0.2, 0) is 6.42 Å². The van der Waals surface area contributed by atoms with Crippen molar-refractivity contribution < 1.29 is 0 Å². The topological polar surface area (TPSA) is 105 Å². The second kappa shape index (κ2) is 6.34. The molecule has 0 radical (unpaired) electrons. The Labute approximate surface area is 144 Å². The van der Waals surface area contributed by atoms with Crippen LogP contribution in [0.2, 0.25) is 5.02 Å². The Morgan fingerprint density at radius 1 is 1.33 bits per heavy atom. The molecule has 0 saturated heterocycles. The zero-order valence-electron chi connectivity index (χ0n) is 13.3. The molecule has 0 aliphatic rings. The summed E-state index contributed by atoms with van der Waals surface area (Å²) in [7, 11) is 0. The summed E-state index contributed by atoms with van der Waals surface area (Å²) in [5.74, 6) is 0.616. The SMILES string of the molecule is Cc1cccc(CCNc2nc3c(Cl)c(C)nn3c(N)c2C#N)n1. The fourth-order valence-electron chi connectivity index (χ4n) is 2.44. The van der Waals surface area contributed by atoms with Gasteiger partial charge in [-0.15, -0.1) is 0 Å². The zero-order chi connectivity index (χ0) is 17.3. The van der Waals surface area contributed by atoms with Crippen LogP contribution in [-0.4, -0.2) is 26.1 Å². The molecule has 0 unspecified atom stereocenters. The number of fused-ring (bicyclic) bond motifs is 1. The first-order valence-corrected chi connectivity index (χ1v) is 7.80. The number of halogens is 1. The molecule has 0 atom stereocenters. The monoisotopic (exact) mass is 341 g/mol. The lowest BCUT2D eigenvalue weighted by atomic mass is 10.2. The number of hydrogen-bond acceptors (Lipinski definition) is 6. The van der Waals surface area contributed by atoms with Crippen molar-refractivity contribution in [3.63, 3.8) is 0 Å². The lowest BCUT2D eigenvalue weighted by Gasteiger charge is -2.10. The van der Waals surface area contributed by atoms with Crippen molar-refractivity contribution >= 4 is 28.9 Å². The van der Waals surface area contributed by atoms with E-state index in [9.17, 15) is 5.26 Å². The highest BCUT2D eigenvalue weighted by Crippen LogP contribution is 2.27. The average Bonchev–Trinajstić information content (AvgIpc) is 2.84. The van der Waals surface area contributed by atoms with E-state index in [2.05, 4.69) is 26.5 Å². The van der Waals surface area contributed by atoms with Gasteiger partial charge in [0.2, 0.25) is 0 Å². The molecule has 3 N–H and O–H groups in total. The minimum atomic E-state index is 0.216. The van der Waals surface area contributed by atoms with Crippen molar-refractivity contribution in [3.8, 4) is 6.07 Å². The molecule has 0 aliphatic carbocycles. The number of rotatable bonds is 4. The molecule has 7 nitrogen and oxygen atoms in total. The van der Waals surface area contributed by atoms with Gasteiger partial charge in [0.05, 0.1) is 5.69 Å². The number of nitriles is 1. The average molecular weight is 342 g/mol. The molecular formula is C16H16ClN7. The van der Waals surface area contributed by atoms with Gasteiger partial charge >= 0.3 is 0 Å². The number of aryl methyl sites for hydroxylation is 2. The van der Waals surface area contributed by atoms with Gasteiger partial charge in [-0.2, -0.15) is 14.9 Å². The quantitative estimate of drug-likeness (QED) is 0.755. The van der Waals surface area contributed by atoms with Crippen molar-refractivity contribution in [1.29, 1.82) is 5.26 Å². The summed E-state index contributed by atoms with van der Waals surface area (Å²) in [6.07, 6.45) is 0.700. The van der Waals surface area contributed by atoms with E-state index in [4.69, 9.17) is 17.3 Å². The number of nitrogens with two attached hydrogens (primary N) is 1.